The number of benzene rings is 1. The van der Waals surface area contributed by atoms with Gasteiger partial charge in [-0.3, -0.25) is 5.43 Å². The normalized spacial score (nSPS) is 17.8. The van der Waals surface area contributed by atoms with Crippen LogP contribution >= 0.6 is 0 Å². The molecule has 1 aliphatic rings. The van der Waals surface area contributed by atoms with Gasteiger partial charge in [-0.25, -0.2) is 9.59 Å². The molecule has 0 saturated heterocycles. The highest BCUT2D eigenvalue weighted by Crippen LogP contribution is 2.32. The van der Waals surface area contributed by atoms with Gasteiger partial charge in [0, 0.05) is 5.70 Å². The predicted octanol–water partition coefficient (Wildman–Crippen LogP) is 1.18. The minimum Gasteiger partial charge on any atom is -0.497 e. The lowest BCUT2D eigenvalue weighted by Gasteiger charge is -2.24. The van der Waals surface area contributed by atoms with Crippen LogP contribution in [0.25, 0.3) is 0 Å². The van der Waals surface area contributed by atoms with Crippen molar-refractivity contribution in [3.63, 3.8) is 0 Å². The third-order valence-corrected chi connectivity index (χ3v) is 3.19. The molecule has 0 spiro atoms. The van der Waals surface area contributed by atoms with Crippen LogP contribution in [-0.4, -0.2) is 35.0 Å². The van der Waals surface area contributed by atoms with Crippen molar-refractivity contribution in [2.45, 2.75) is 12.8 Å². The van der Waals surface area contributed by atoms with Crippen LogP contribution in [0.2, 0.25) is 0 Å². The number of hydrogen-bond donors (Lipinski definition) is 3. The van der Waals surface area contributed by atoms with Gasteiger partial charge in [0.25, 0.3) is 0 Å². The number of hydrogen-bond acceptors (Lipinski definition) is 5. The molecule has 0 bridgehead atoms. The summed E-state index contributed by atoms with van der Waals surface area (Å²) in [4.78, 5) is 22.8. The van der Waals surface area contributed by atoms with Crippen molar-refractivity contribution in [1.82, 2.24) is 5.43 Å². The second kappa shape index (κ2) is 5.66. The zero-order valence-electron chi connectivity index (χ0n) is 11.5. The Labute approximate surface area is 120 Å². The zero-order chi connectivity index (χ0) is 15.6. The molecule has 1 aliphatic heterocycles. The van der Waals surface area contributed by atoms with E-state index < -0.39 is 17.9 Å². The molecule has 0 aromatic heterocycles. The van der Waals surface area contributed by atoms with E-state index >= 15 is 0 Å². The summed E-state index contributed by atoms with van der Waals surface area (Å²) in [5, 5.41) is 22.4. The third-order valence-electron chi connectivity index (χ3n) is 3.19. The summed E-state index contributed by atoms with van der Waals surface area (Å²) in [5.74, 6) is -2.92. The summed E-state index contributed by atoms with van der Waals surface area (Å²) in [6.45, 7) is 1.54. The average Bonchev–Trinajstić information content (AvgIpc) is 2.46. The Hall–Kier alpha value is -2.83. The SMILES string of the molecule is COc1cccc(C2C(C(=O)O)=NNC(C)=C2C(=O)O)c1. The Morgan fingerprint density at radius 3 is 2.57 bits per heavy atom. The van der Waals surface area contributed by atoms with Crippen molar-refractivity contribution in [3.05, 3.63) is 41.1 Å². The highest BCUT2D eigenvalue weighted by molar-refractivity contribution is 6.39. The van der Waals surface area contributed by atoms with Crippen molar-refractivity contribution >= 4 is 17.7 Å². The fraction of sp³-hybridized carbons (Fsp3) is 0.214. The molecule has 110 valence electrons. The number of aliphatic carboxylic acids is 2. The maximum absolute atomic E-state index is 11.5. The monoisotopic (exact) mass is 290 g/mol. The van der Waals surface area contributed by atoms with E-state index in [-0.39, 0.29) is 11.3 Å². The lowest BCUT2D eigenvalue weighted by molar-refractivity contribution is -0.132. The number of carbonyl (C=O) groups is 2. The van der Waals surface area contributed by atoms with E-state index in [1.165, 1.54) is 7.11 Å². The molecular weight excluding hydrogens is 276 g/mol. The number of carboxylic acid groups (broad SMARTS) is 2. The zero-order valence-corrected chi connectivity index (χ0v) is 11.5. The van der Waals surface area contributed by atoms with Crippen LogP contribution in [0.4, 0.5) is 0 Å². The highest BCUT2D eigenvalue weighted by atomic mass is 16.5. The molecule has 1 unspecified atom stereocenters. The van der Waals surface area contributed by atoms with Crippen molar-refractivity contribution < 1.29 is 24.5 Å². The lowest BCUT2D eigenvalue weighted by Crippen LogP contribution is -2.34. The van der Waals surface area contributed by atoms with Gasteiger partial charge in [-0.1, -0.05) is 12.1 Å². The van der Waals surface area contributed by atoms with Crippen molar-refractivity contribution in [3.8, 4) is 5.75 Å². The summed E-state index contributed by atoms with van der Waals surface area (Å²) in [6, 6.07) is 6.61. The van der Waals surface area contributed by atoms with Gasteiger partial charge in [0.15, 0.2) is 5.71 Å². The Kier molecular flexibility index (Phi) is 3.93. The number of rotatable bonds is 4. The molecule has 3 N–H and O–H groups in total. The molecule has 7 nitrogen and oxygen atoms in total. The quantitative estimate of drug-likeness (QED) is 0.768. The van der Waals surface area contributed by atoms with Gasteiger partial charge in [0.05, 0.1) is 18.6 Å². The van der Waals surface area contributed by atoms with Crippen LogP contribution in [0.5, 0.6) is 5.75 Å². The van der Waals surface area contributed by atoms with Gasteiger partial charge in [0.1, 0.15) is 5.75 Å². The second-order valence-electron chi connectivity index (χ2n) is 4.47. The highest BCUT2D eigenvalue weighted by Gasteiger charge is 2.36. The van der Waals surface area contributed by atoms with Gasteiger partial charge in [-0.2, -0.15) is 5.10 Å². The molecule has 1 atom stereocenters. The van der Waals surface area contributed by atoms with Crippen LogP contribution in [0.15, 0.2) is 40.6 Å². The summed E-state index contributed by atoms with van der Waals surface area (Å²) >= 11 is 0. The molecule has 21 heavy (non-hydrogen) atoms. The molecule has 1 heterocycles. The van der Waals surface area contributed by atoms with Crippen LogP contribution in [0.1, 0.15) is 18.4 Å². The number of ether oxygens (including phenoxy) is 1. The van der Waals surface area contributed by atoms with E-state index in [0.29, 0.717) is 17.0 Å². The second-order valence-corrected chi connectivity index (χ2v) is 4.47. The van der Waals surface area contributed by atoms with Gasteiger partial charge >= 0.3 is 11.9 Å². The van der Waals surface area contributed by atoms with Crippen LogP contribution in [0.3, 0.4) is 0 Å². The van der Waals surface area contributed by atoms with Crippen molar-refractivity contribution in [2.24, 2.45) is 5.10 Å². The molecule has 0 fully saturated rings. The first-order valence-electron chi connectivity index (χ1n) is 6.10. The topological polar surface area (TPSA) is 108 Å². The number of methoxy groups -OCH3 is 1. The standard InChI is InChI=1S/C14H14N2O5/c1-7-10(13(17)18)11(12(14(19)20)16-15-7)8-4-3-5-9(6-8)21-2/h3-6,11,15H,1-2H3,(H,17,18)(H,19,20). The minimum atomic E-state index is -1.28. The first-order chi connectivity index (χ1) is 9.95. The summed E-state index contributed by atoms with van der Waals surface area (Å²) in [7, 11) is 1.48. The predicted molar refractivity (Wildman–Crippen MR) is 74.3 cm³/mol. The first-order valence-corrected chi connectivity index (χ1v) is 6.10. The van der Waals surface area contributed by atoms with E-state index in [4.69, 9.17) is 4.74 Å². The molecule has 0 saturated carbocycles. The van der Waals surface area contributed by atoms with Gasteiger partial charge in [0.2, 0.25) is 0 Å². The minimum absolute atomic E-state index is 0.0457. The molecule has 0 aliphatic carbocycles. The Bertz CT molecular complexity index is 663. The number of hydrazone groups is 1. The Morgan fingerprint density at radius 2 is 2.00 bits per heavy atom. The Morgan fingerprint density at radius 1 is 1.29 bits per heavy atom. The number of nitrogens with one attached hydrogen (secondary N) is 1. The van der Waals surface area contributed by atoms with Crippen LogP contribution in [0, 0.1) is 0 Å². The average molecular weight is 290 g/mol. The van der Waals surface area contributed by atoms with E-state index in [1.54, 1.807) is 31.2 Å². The van der Waals surface area contributed by atoms with E-state index in [9.17, 15) is 19.8 Å². The smallest absolute Gasteiger partial charge is 0.353 e. The van der Waals surface area contributed by atoms with Gasteiger partial charge in [-0.05, 0) is 24.6 Å². The Balaban J connectivity index is 2.61. The van der Waals surface area contributed by atoms with Crippen LogP contribution in [-0.2, 0) is 9.59 Å². The van der Waals surface area contributed by atoms with Crippen molar-refractivity contribution in [1.29, 1.82) is 0 Å². The van der Waals surface area contributed by atoms with E-state index in [0.717, 1.165) is 0 Å². The summed E-state index contributed by atoms with van der Waals surface area (Å²) in [6.07, 6.45) is 0. The van der Waals surface area contributed by atoms with Crippen molar-refractivity contribution in [2.75, 3.05) is 7.11 Å². The largest absolute Gasteiger partial charge is 0.497 e. The molecule has 1 aromatic carbocycles. The summed E-state index contributed by atoms with van der Waals surface area (Å²) < 4.78 is 5.10. The number of nitrogens with zero attached hydrogens (tertiary/aromatic N) is 1. The lowest BCUT2D eigenvalue weighted by atomic mass is 9.84. The fourth-order valence-electron chi connectivity index (χ4n) is 2.22. The summed E-state index contributed by atoms with van der Waals surface area (Å²) in [5.41, 5.74) is 2.93. The molecule has 0 radical (unpaired) electrons. The maximum Gasteiger partial charge on any atom is 0.353 e. The first kappa shape index (κ1) is 14.6. The van der Waals surface area contributed by atoms with Crippen LogP contribution < -0.4 is 10.2 Å². The van der Waals surface area contributed by atoms with E-state index in [2.05, 4.69) is 10.5 Å². The molecule has 0 amide bonds. The van der Waals surface area contributed by atoms with Gasteiger partial charge in [-0.15, -0.1) is 0 Å². The molecule has 7 heteroatoms. The third kappa shape index (κ3) is 2.71. The van der Waals surface area contributed by atoms with Gasteiger partial charge < -0.3 is 14.9 Å². The molecule has 1 aromatic rings. The maximum atomic E-state index is 11.5. The fourth-order valence-corrected chi connectivity index (χ4v) is 2.22. The number of carboxylic acids is 2. The molecular formula is C14H14N2O5. The van der Waals surface area contributed by atoms with E-state index in [1.807, 2.05) is 0 Å². The molecule has 2 rings (SSSR count). The number of allylic oxidation sites excluding steroid dienone is 1.